The van der Waals surface area contributed by atoms with E-state index in [2.05, 4.69) is 24.0 Å². The topological polar surface area (TPSA) is 32.7 Å². The first-order valence-corrected chi connectivity index (χ1v) is 8.00. The Labute approximate surface area is 130 Å². The fraction of sp³-hybridized carbons (Fsp3) is 0.412. The molecular weight excluding hydrogens is 282 g/mol. The number of methoxy groups -OCH3 is 1. The molecule has 4 heteroatoms. The summed E-state index contributed by atoms with van der Waals surface area (Å²) in [6.45, 7) is 5.08. The molecule has 3 nitrogen and oxygen atoms in total. The molecule has 0 fully saturated rings. The van der Waals surface area contributed by atoms with E-state index in [1.54, 1.807) is 7.11 Å². The van der Waals surface area contributed by atoms with Gasteiger partial charge in [0.05, 0.1) is 12.7 Å². The lowest BCUT2D eigenvalue weighted by molar-refractivity contribution is 0.0855. The number of aliphatic hydroxyl groups excluding tert-OH is 1. The fourth-order valence-corrected chi connectivity index (χ4v) is 3.20. The third-order valence-corrected chi connectivity index (χ3v) is 4.39. The Morgan fingerprint density at radius 1 is 1.19 bits per heavy atom. The molecule has 21 heavy (non-hydrogen) atoms. The van der Waals surface area contributed by atoms with Crippen molar-refractivity contribution in [3.05, 3.63) is 57.8 Å². The van der Waals surface area contributed by atoms with Crippen molar-refractivity contribution in [3.63, 3.8) is 0 Å². The maximum atomic E-state index is 10.4. The summed E-state index contributed by atoms with van der Waals surface area (Å²) in [5.41, 5.74) is 0.960. The number of ether oxygens (including phenoxy) is 1. The van der Waals surface area contributed by atoms with Gasteiger partial charge in [0.15, 0.2) is 0 Å². The van der Waals surface area contributed by atoms with Crippen molar-refractivity contribution in [1.29, 1.82) is 0 Å². The Morgan fingerprint density at radius 2 is 1.95 bits per heavy atom. The zero-order chi connectivity index (χ0) is 15.1. The number of nitrogens with zero attached hydrogens (tertiary/aromatic N) is 1. The van der Waals surface area contributed by atoms with Gasteiger partial charge in [-0.25, -0.2) is 0 Å². The summed E-state index contributed by atoms with van der Waals surface area (Å²) in [7, 11) is 1.71. The van der Waals surface area contributed by atoms with Gasteiger partial charge in [-0.2, -0.15) is 0 Å². The predicted molar refractivity (Wildman–Crippen MR) is 87.6 cm³/mol. The average molecular weight is 305 g/mol. The molecule has 0 aliphatic carbocycles. The van der Waals surface area contributed by atoms with Gasteiger partial charge in [0.25, 0.3) is 0 Å². The maximum absolute atomic E-state index is 10.4. The molecule has 0 aliphatic heterocycles. The summed E-state index contributed by atoms with van der Waals surface area (Å²) in [5.74, 6) is 0. The smallest absolute Gasteiger partial charge is 0.0917 e. The maximum Gasteiger partial charge on any atom is 0.0917 e. The van der Waals surface area contributed by atoms with Gasteiger partial charge in [-0.1, -0.05) is 30.3 Å². The molecule has 0 saturated heterocycles. The molecule has 1 aromatic carbocycles. The van der Waals surface area contributed by atoms with Gasteiger partial charge in [0, 0.05) is 36.5 Å². The molecule has 0 spiro atoms. The van der Waals surface area contributed by atoms with Gasteiger partial charge in [0.1, 0.15) is 0 Å². The zero-order valence-corrected chi connectivity index (χ0v) is 13.5. The van der Waals surface area contributed by atoms with Gasteiger partial charge in [-0.15, -0.1) is 11.3 Å². The highest BCUT2D eigenvalue weighted by Gasteiger charge is 2.14. The normalized spacial score (nSPS) is 12.8. The largest absolute Gasteiger partial charge is 0.387 e. The number of hydrogen-bond donors (Lipinski definition) is 1. The number of hydrogen-bond acceptors (Lipinski definition) is 4. The van der Waals surface area contributed by atoms with Crippen molar-refractivity contribution in [2.75, 3.05) is 26.8 Å². The van der Waals surface area contributed by atoms with Crippen molar-refractivity contribution in [3.8, 4) is 0 Å². The lowest BCUT2D eigenvalue weighted by atomic mass is 10.1. The Balaban J connectivity index is 1.98. The van der Waals surface area contributed by atoms with Crippen LogP contribution < -0.4 is 0 Å². The summed E-state index contributed by atoms with van der Waals surface area (Å²) in [4.78, 5) is 4.89. The van der Waals surface area contributed by atoms with E-state index in [1.807, 2.05) is 41.7 Å². The molecule has 0 unspecified atom stereocenters. The third kappa shape index (κ3) is 5.25. The molecule has 2 rings (SSSR count). The minimum absolute atomic E-state index is 0.468. The van der Waals surface area contributed by atoms with Gasteiger partial charge >= 0.3 is 0 Å². The van der Waals surface area contributed by atoms with Gasteiger partial charge in [0.2, 0.25) is 0 Å². The van der Waals surface area contributed by atoms with Crippen molar-refractivity contribution in [2.24, 2.45) is 0 Å². The monoisotopic (exact) mass is 305 g/mol. The van der Waals surface area contributed by atoms with Crippen LogP contribution in [0.4, 0.5) is 0 Å². The molecule has 1 atom stereocenters. The Morgan fingerprint density at radius 3 is 2.57 bits per heavy atom. The highest BCUT2D eigenvalue weighted by Crippen LogP contribution is 2.19. The molecule has 2 aromatic rings. The molecule has 0 saturated carbocycles. The second-order valence-corrected chi connectivity index (χ2v) is 6.54. The fourth-order valence-electron chi connectivity index (χ4n) is 2.27. The van der Waals surface area contributed by atoms with Gasteiger partial charge in [-0.3, -0.25) is 4.90 Å². The highest BCUT2D eigenvalue weighted by atomic mass is 32.1. The van der Waals surface area contributed by atoms with E-state index in [1.165, 1.54) is 9.75 Å². The summed E-state index contributed by atoms with van der Waals surface area (Å²) in [6.07, 6.45) is -0.468. The summed E-state index contributed by atoms with van der Waals surface area (Å²) >= 11 is 1.81. The standard InChI is InChI=1S/C17H23NO2S/c1-14-8-9-16(21-14)12-18(10-11-20-2)13-17(19)15-6-4-3-5-7-15/h3-9,17,19H,10-13H2,1-2H3/t17-/m1/s1. The predicted octanol–water partition coefficient (Wildman–Crippen LogP) is 3.24. The third-order valence-electron chi connectivity index (χ3n) is 3.40. The SMILES string of the molecule is COCCN(Cc1ccc(C)s1)C[C@@H](O)c1ccccc1. The van der Waals surface area contributed by atoms with E-state index < -0.39 is 6.10 Å². The Bertz CT molecular complexity index is 527. The van der Waals surface area contributed by atoms with Crippen LogP contribution >= 0.6 is 11.3 Å². The molecule has 0 amide bonds. The number of aliphatic hydroxyl groups is 1. The summed E-state index contributed by atoms with van der Waals surface area (Å²) < 4.78 is 5.18. The van der Waals surface area contributed by atoms with Gasteiger partial charge in [-0.05, 0) is 24.6 Å². The highest BCUT2D eigenvalue weighted by molar-refractivity contribution is 7.11. The summed E-state index contributed by atoms with van der Waals surface area (Å²) in [6, 6.07) is 14.1. The lowest BCUT2D eigenvalue weighted by Crippen LogP contribution is -2.31. The number of thiophene rings is 1. The van der Waals surface area contributed by atoms with Crippen LogP contribution in [0, 0.1) is 6.92 Å². The average Bonchev–Trinajstić information content (AvgIpc) is 2.90. The molecule has 114 valence electrons. The van der Waals surface area contributed by atoms with E-state index in [0.29, 0.717) is 13.2 Å². The number of aryl methyl sites for hydroxylation is 1. The molecule has 1 heterocycles. The van der Waals surface area contributed by atoms with Crippen LogP contribution in [-0.4, -0.2) is 36.8 Å². The minimum Gasteiger partial charge on any atom is -0.387 e. The first kappa shape index (κ1) is 16.2. The molecule has 0 aliphatic rings. The zero-order valence-electron chi connectivity index (χ0n) is 12.7. The van der Waals surface area contributed by atoms with Crippen LogP contribution in [0.1, 0.15) is 21.4 Å². The van der Waals surface area contributed by atoms with Crippen LogP contribution in [0.25, 0.3) is 0 Å². The minimum atomic E-state index is -0.468. The quantitative estimate of drug-likeness (QED) is 0.812. The van der Waals surface area contributed by atoms with Crippen LogP contribution in [-0.2, 0) is 11.3 Å². The van der Waals surface area contributed by atoms with E-state index in [0.717, 1.165) is 18.7 Å². The van der Waals surface area contributed by atoms with Crippen LogP contribution in [0.5, 0.6) is 0 Å². The van der Waals surface area contributed by atoms with Crippen LogP contribution in [0.15, 0.2) is 42.5 Å². The first-order chi connectivity index (χ1) is 10.2. The van der Waals surface area contributed by atoms with E-state index >= 15 is 0 Å². The molecule has 0 bridgehead atoms. The van der Waals surface area contributed by atoms with Crippen molar-refractivity contribution >= 4 is 11.3 Å². The molecule has 1 N–H and O–H groups in total. The molecule has 1 aromatic heterocycles. The Hall–Kier alpha value is -1.20. The lowest BCUT2D eigenvalue weighted by Gasteiger charge is -2.24. The van der Waals surface area contributed by atoms with Crippen molar-refractivity contribution in [1.82, 2.24) is 4.90 Å². The number of rotatable bonds is 8. The van der Waals surface area contributed by atoms with Gasteiger partial charge < -0.3 is 9.84 Å². The van der Waals surface area contributed by atoms with Crippen LogP contribution in [0.2, 0.25) is 0 Å². The Kier molecular flexibility index (Phi) is 6.39. The first-order valence-electron chi connectivity index (χ1n) is 7.18. The second kappa shape index (κ2) is 8.29. The second-order valence-electron chi connectivity index (χ2n) is 5.17. The van der Waals surface area contributed by atoms with Crippen LogP contribution in [0.3, 0.4) is 0 Å². The van der Waals surface area contributed by atoms with Crippen molar-refractivity contribution in [2.45, 2.75) is 19.6 Å². The van der Waals surface area contributed by atoms with E-state index in [-0.39, 0.29) is 0 Å². The van der Waals surface area contributed by atoms with E-state index in [9.17, 15) is 5.11 Å². The number of benzene rings is 1. The molecular formula is C17H23NO2S. The van der Waals surface area contributed by atoms with Crippen molar-refractivity contribution < 1.29 is 9.84 Å². The summed E-state index contributed by atoms with van der Waals surface area (Å²) in [5, 5.41) is 10.4. The van der Waals surface area contributed by atoms with E-state index in [4.69, 9.17) is 4.74 Å². The molecule has 0 radical (unpaired) electrons.